The second kappa shape index (κ2) is 9.88. The number of halogens is 1. The van der Waals surface area contributed by atoms with Gasteiger partial charge in [0.2, 0.25) is 0 Å². The summed E-state index contributed by atoms with van der Waals surface area (Å²) in [5, 5.41) is 27.5. The Morgan fingerprint density at radius 1 is 1.10 bits per heavy atom. The fraction of sp³-hybridized carbons (Fsp3) is 0.520. The molecule has 0 radical (unpaired) electrons. The normalized spacial score (nSPS) is 24.7. The standard InChI is InChI=1S/C24H27ClO4.CH4O/c25-23-17(9-14-1-3-15(4-2-14)16-5-6-16)10-21(20-7-8-28-24(20)23)22-12-18(27)11-19(13-26)29-22;1-2/h1-4,10,16,18-19,22,26-27H,5-9,11-13H2;2H,1H3. The highest BCUT2D eigenvalue weighted by Gasteiger charge is 2.33. The minimum atomic E-state index is -0.474. The maximum atomic E-state index is 10.3. The van der Waals surface area contributed by atoms with Crippen LogP contribution >= 0.6 is 11.6 Å². The largest absolute Gasteiger partial charge is 0.491 e. The van der Waals surface area contributed by atoms with Crippen molar-refractivity contribution in [1.29, 1.82) is 0 Å². The highest BCUT2D eigenvalue weighted by molar-refractivity contribution is 6.33. The Morgan fingerprint density at radius 2 is 1.84 bits per heavy atom. The first-order valence-electron chi connectivity index (χ1n) is 11.1. The Bertz CT molecular complexity index is 894. The van der Waals surface area contributed by atoms with Crippen LogP contribution in [0.1, 0.15) is 65.5 Å². The van der Waals surface area contributed by atoms with Crippen molar-refractivity contribution in [2.75, 3.05) is 20.3 Å². The molecule has 168 valence electrons. The topological polar surface area (TPSA) is 79.2 Å². The first kappa shape index (κ1) is 22.6. The van der Waals surface area contributed by atoms with E-state index in [1.54, 1.807) is 0 Å². The number of aliphatic hydroxyl groups excluding tert-OH is 3. The SMILES string of the molecule is CO.OCC1CC(O)CC(c2cc(Cc3ccc(C4CC4)cc3)c(Cl)c3c2CCO3)O1. The molecule has 2 heterocycles. The maximum Gasteiger partial charge on any atom is 0.141 e. The van der Waals surface area contributed by atoms with Crippen molar-refractivity contribution < 1.29 is 24.8 Å². The van der Waals surface area contributed by atoms with Crippen LogP contribution < -0.4 is 4.74 Å². The maximum absolute atomic E-state index is 10.3. The van der Waals surface area contributed by atoms with E-state index in [1.165, 1.54) is 24.0 Å². The molecule has 0 spiro atoms. The van der Waals surface area contributed by atoms with Gasteiger partial charge in [-0.2, -0.15) is 0 Å². The van der Waals surface area contributed by atoms with E-state index in [4.69, 9.17) is 26.2 Å². The summed E-state index contributed by atoms with van der Waals surface area (Å²) < 4.78 is 12.0. The minimum Gasteiger partial charge on any atom is -0.491 e. The van der Waals surface area contributed by atoms with Crippen molar-refractivity contribution in [2.24, 2.45) is 0 Å². The zero-order valence-electron chi connectivity index (χ0n) is 17.9. The summed E-state index contributed by atoms with van der Waals surface area (Å²) in [7, 11) is 1.00. The van der Waals surface area contributed by atoms with E-state index in [0.717, 1.165) is 48.3 Å². The van der Waals surface area contributed by atoms with Gasteiger partial charge in [-0.05, 0) is 47.4 Å². The summed E-state index contributed by atoms with van der Waals surface area (Å²) in [6.45, 7) is 0.528. The van der Waals surface area contributed by atoms with Crippen molar-refractivity contribution in [2.45, 2.75) is 62.8 Å². The molecule has 3 unspecified atom stereocenters. The molecule has 0 bridgehead atoms. The van der Waals surface area contributed by atoms with Crippen molar-refractivity contribution >= 4 is 11.6 Å². The number of hydrogen-bond donors (Lipinski definition) is 3. The Morgan fingerprint density at radius 3 is 2.52 bits per heavy atom. The molecule has 2 aliphatic heterocycles. The van der Waals surface area contributed by atoms with Crippen LogP contribution in [0, 0.1) is 0 Å². The number of fused-ring (bicyclic) bond motifs is 1. The predicted octanol–water partition coefficient (Wildman–Crippen LogP) is 3.92. The zero-order chi connectivity index (χ0) is 22.0. The molecule has 2 fully saturated rings. The van der Waals surface area contributed by atoms with Gasteiger partial charge in [0, 0.05) is 31.9 Å². The summed E-state index contributed by atoms with van der Waals surface area (Å²) >= 11 is 6.74. The van der Waals surface area contributed by atoms with E-state index in [2.05, 4.69) is 30.3 Å². The monoisotopic (exact) mass is 446 g/mol. The average Bonchev–Trinajstić information content (AvgIpc) is 3.53. The molecule has 3 N–H and O–H groups in total. The average molecular weight is 447 g/mol. The van der Waals surface area contributed by atoms with Gasteiger partial charge >= 0.3 is 0 Å². The highest BCUT2D eigenvalue weighted by atomic mass is 35.5. The van der Waals surface area contributed by atoms with E-state index in [-0.39, 0.29) is 18.8 Å². The Balaban J connectivity index is 0.00000112. The molecule has 3 aliphatic rings. The van der Waals surface area contributed by atoms with E-state index in [1.807, 2.05) is 0 Å². The first-order chi connectivity index (χ1) is 15.1. The molecule has 5 nitrogen and oxygen atoms in total. The van der Waals surface area contributed by atoms with Gasteiger partial charge in [0.15, 0.2) is 0 Å². The van der Waals surface area contributed by atoms with Crippen LogP contribution in [0.2, 0.25) is 5.02 Å². The van der Waals surface area contributed by atoms with Crippen molar-refractivity contribution in [3.05, 3.63) is 63.2 Å². The molecular formula is C25H31ClO5. The quantitative estimate of drug-likeness (QED) is 0.648. The van der Waals surface area contributed by atoms with Crippen LogP contribution in [0.15, 0.2) is 30.3 Å². The smallest absolute Gasteiger partial charge is 0.141 e. The Hall–Kier alpha value is -1.63. The lowest BCUT2D eigenvalue weighted by Crippen LogP contribution is -2.33. The molecule has 2 aromatic carbocycles. The number of rotatable bonds is 5. The third-order valence-electron chi connectivity index (χ3n) is 6.38. The zero-order valence-corrected chi connectivity index (χ0v) is 18.6. The number of hydrogen-bond acceptors (Lipinski definition) is 5. The second-order valence-corrected chi connectivity index (χ2v) is 8.97. The highest BCUT2D eigenvalue weighted by Crippen LogP contribution is 2.45. The van der Waals surface area contributed by atoms with Gasteiger partial charge in [-0.3, -0.25) is 0 Å². The summed E-state index contributed by atoms with van der Waals surface area (Å²) in [4.78, 5) is 0. The number of ether oxygens (including phenoxy) is 2. The van der Waals surface area contributed by atoms with E-state index in [0.29, 0.717) is 24.5 Å². The van der Waals surface area contributed by atoms with E-state index >= 15 is 0 Å². The van der Waals surface area contributed by atoms with Crippen molar-refractivity contribution in [3.8, 4) is 5.75 Å². The van der Waals surface area contributed by atoms with Crippen LogP contribution in [0.25, 0.3) is 0 Å². The summed E-state index contributed by atoms with van der Waals surface area (Å²) in [5.74, 6) is 1.51. The predicted molar refractivity (Wildman–Crippen MR) is 120 cm³/mol. The Labute approximate surface area is 188 Å². The molecule has 5 rings (SSSR count). The number of aliphatic hydroxyl groups is 3. The van der Waals surface area contributed by atoms with Gasteiger partial charge in [-0.1, -0.05) is 41.9 Å². The van der Waals surface area contributed by atoms with Gasteiger partial charge in [0.25, 0.3) is 0 Å². The molecule has 1 saturated carbocycles. The third kappa shape index (κ3) is 4.91. The van der Waals surface area contributed by atoms with E-state index in [9.17, 15) is 10.2 Å². The van der Waals surface area contributed by atoms with E-state index < -0.39 is 6.10 Å². The lowest BCUT2D eigenvalue weighted by Gasteiger charge is -2.33. The minimum absolute atomic E-state index is 0.0833. The first-order valence-corrected chi connectivity index (χ1v) is 11.4. The third-order valence-corrected chi connectivity index (χ3v) is 6.80. The second-order valence-electron chi connectivity index (χ2n) is 8.59. The summed E-state index contributed by atoms with van der Waals surface area (Å²) in [6, 6.07) is 11.0. The van der Waals surface area contributed by atoms with Crippen LogP contribution in [0.5, 0.6) is 5.75 Å². The Kier molecular flexibility index (Phi) is 7.19. The summed E-state index contributed by atoms with van der Waals surface area (Å²) in [6.07, 6.45) is 4.07. The van der Waals surface area contributed by atoms with Crippen LogP contribution in [-0.2, 0) is 17.6 Å². The lowest BCUT2D eigenvalue weighted by molar-refractivity contribution is -0.114. The molecule has 1 saturated heterocycles. The molecule has 3 atom stereocenters. The molecule has 31 heavy (non-hydrogen) atoms. The van der Waals surface area contributed by atoms with Gasteiger partial charge in [0.1, 0.15) is 5.75 Å². The van der Waals surface area contributed by atoms with Gasteiger partial charge in [-0.25, -0.2) is 0 Å². The van der Waals surface area contributed by atoms with Gasteiger partial charge in [0.05, 0.1) is 36.5 Å². The lowest BCUT2D eigenvalue weighted by atomic mass is 9.89. The molecule has 0 aromatic heterocycles. The van der Waals surface area contributed by atoms with Crippen LogP contribution in [0.4, 0.5) is 0 Å². The van der Waals surface area contributed by atoms with Gasteiger partial charge < -0.3 is 24.8 Å². The molecule has 0 amide bonds. The molecule has 2 aromatic rings. The molecule has 6 heteroatoms. The van der Waals surface area contributed by atoms with Crippen LogP contribution in [0.3, 0.4) is 0 Å². The fourth-order valence-electron chi connectivity index (χ4n) is 4.68. The molecular weight excluding hydrogens is 416 g/mol. The number of benzene rings is 2. The van der Waals surface area contributed by atoms with Crippen LogP contribution in [-0.4, -0.2) is 47.9 Å². The van der Waals surface area contributed by atoms with Crippen molar-refractivity contribution in [3.63, 3.8) is 0 Å². The summed E-state index contributed by atoms with van der Waals surface area (Å²) in [5.41, 5.74) is 5.79. The van der Waals surface area contributed by atoms with Crippen molar-refractivity contribution in [1.82, 2.24) is 0 Å². The fourth-order valence-corrected chi connectivity index (χ4v) is 4.97. The van der Waals surface area contributed by atoms with Gasteiger partial charge in [-0.15, -0.1) is 0 Å². The molecule has 1 aliphatic carbocycles.